The third-order valence-electron chi connectivity index (χ3n) is 2.97. The number of carbonyl (C=O) groups is 1. The first-order chi connectivity index (χ1) is 10.7. The van der Waals surface area contributed by atoms with Crippen molar-refractivity contribution in [3.63, 3.8) is 0 Å². The molecule has 1 aromatic carbocycles. The first kappa shape index (κ1) is 17.0. The van der Waals surface area contributed by atoms with E-state index >= 15 is 0 Å². The minimum atomic E-state index is -3.35. The average Bonchev–Trinajstić information content (AvgIpc) is 2.44. The van der Waals surface area contributed by atoms with E-state index in [-0.39, 0.29) is 17.5 Å². The topological polar surface area (TPSA) is 85.4 Å². The van der Waals surface area contributed by atoms with Crippen LogP contribution in [0.3, 0.4) is 0 Å². The molecular weight excluding hydrogens is 316 g/mol. The van der Waals surface area contributed by atoms with E-state index in [4.69, 9.17) is 4.74 Å². The van der Waals surface area contributed by atoms with Gasteiger partial charge in [0.25, 0.3) is 5.91 Å². The molecule has 0 aliphatic carbocycles. The molecule has 0 aliphatic rings. The van der Waals surface area contributed by atoms with Gasteiger partial charge in [-0.1, -0.05) is 6.07 Å². The van der Waals surface area contributed by atoms with Crippen molar-refractivity contribution in [1.82, 2.24) is 4.98 Å². The molecule has 1 amide bonds. The molecule has 0 bridgehead atoms. The van der Waals surface area contributed by atoms with Crippen LogP contribution in [0.25, 0.3) is 0 Å². The van der Waals surface area contributed by atoms with Gasteiger partial charge in [0.15, 0.2) is 21.5 Å². The van der Waals surface area contributed by atoms with Crippen LogP contribution in [0, 0.1) is 13.8 Å². The number of sulfone groups is 1. The summed E-state index contributed by atoms with van der Waals surface area (Å²) in [5.74, 6) is 0.279. The van der Waals surface area contributed by atoms with Gasteiger partial charge in [-0.05, 0) is 49.2 Å². The number of ether oxygens (including phenoxy) is 1. The zero-order valence-electron chi connectivity index (χ0n) is 13.2. The van der Waals surface area contributed by atoms with Crippen molar-refractivity contribution < 1.29 is 17.9 Å². The summed E-state index contributed by atoms with van der Waals surface area (Å²) >= 11 is 0. The van der Waals surface area contributed by atoms with Gasteiger partial charge in [0.1, 0.15) is 5.75 Å². The van der Waals surface area contributed by atoms with Crippen molar-refractivity contribution in [3.8, 4) is 5.75 Å². The highest BCUT2D eigenvalue weighted by Gasteiger charge is 2.09. The normalized spacial score (nSPS) is 11.1. The summed E-state index contributed by atoms with van der Waals surface area (Å²) in [5, 5.41) is 2.56. The van der Waals surface area contributed by atoms with Crippen LogP contribution in [0.2, 0.25) is 0 Å². The Labute approximate surface area is 135 Å². The molecule has 0 spiro atoms. The molecular formula is C16H18N2O4S. The van der Waals surface area contributed by atoms with Gasteiger partial charge in [-0.15, -0.1) is 0 Å². The van der Waals surface area contributed by atoms with E-state index in [2.05, 4.69) is 10.3 Å². The van der Waals surface area contributed by atoms with Crippen molar-refractivity contribution in [1.29, 1.82) is 0 Å². The monoisotopic (exact) mass is 334 g/mol. The van der Waals surface area contributed by atoms with E-state index < -0.39 is 9.84 Å². The van der Waals surface area contributed by atoms with Gasteiger partial charge in [0, 0.05) is 6.26 Å². The number of nitrogens with zero attached hydrogens (tertiary/aromatic N) is 1. The van der Waals surface area contributed by atoms with Crippen LogP contribution in [0.4, 0.5) is 5.69 Å². The maximum atomic E-state index is 11.9. The van der Waals surface area contributed by atoms with E-state index in [1.807, 2.05) is 32.0 Å². The second kappa shape index (κ2) is 6.78. The number of aryl methyl sites for hydroxylation is 2. The number of anilines is 1. The molecule has 122 valence electrons. The van der Waals surface area contributed by atoms with Crippen molar-refractivity contribution >= 4 is 21.4 Å². The lowest BCUT2D eigenvalue weighted by Crippen LogP contribution is -2.20. The predicted octanol–water partition coefficient (Wildman–Crippen LogP) is 2.12. The molecule has 0 saturated heterocycles. The van der Waals surface area contributed by atoms with Crippen molar-refractivity contribution in [3.05, 3.63) is 47.7 Å². The molecule has 6 nitrogen and oxygen atoms in total. The van der Waals surface area contributed by atoms with E-state index in [9.17, 15) is 13.2 Å². The lowest BCUT2D eigenvalue weighted by Gasteiger charge is -2.09. The van der Waals surface area contributed by atoms with Gasteiger partial charge >= 0.3 is 0 Å². The number of nitrogens with one attached hydrogen (secondary N) is 1. The number of carbonyl (C=O) groups excluding carboxylic acids is 1. The quantitative estimate of drug-likeness (QED) is 0.905. The van der Waals surface area contributed by atoms with Crippen LogP contribution in [-0.2, 0) is 14.6 Å². The number of pyridine rings is 1. The fourth-order valence-corrected chi connectivity index (χ4v) is 2.60. The van der Waals surface area contributed by atoms with Crippen molar-refractivity contribution in [2.24, 2.45) is 0 Å². The largest absolute Gasteiger partial charge is 0.484 e. The third kappa shape index (κ3) is 5.07. The highest BCUT2D eigenvalue weighted by molar-refractivity contribution is 7.90. The van der Waals surface area contributed by atoms with E-state index in [0.29, 0.717) is 11.4 Å². The second-order valence-corrected chi connectivity index (χ2v) is 7.28. The molecule has 0 radical (unpaired) electrons. The number of hydrogen-bond donors (Lipinski definition) is 1. The van der Waals surface area contributed by atoms with Crippen LogP contribution in [0.5, 0.6) is 5.75 Å². The van der Waals surface area contributed by atoms with Crippen LogP contribution in [0.1, 0.15) is 11.1 Å². The fourth-order valence-electron chi connectivity index (χ4n) is 2.04. The first-order valence-electron chi connectivity index (χ1n) is 6.91. The minimum Gasteiger partial charge on any atom is -0.484 e. The molecule has 2 aromatic rings. The molecule has 1 aromatic heterocycles. The predicted molar refractivity (Wildman–Crippen MR) is 87.4 cm³/mol. The fraction of sp³-hybridized carbons (Fsp3) is 0.250. The Bertz CT molecular complexity index is 794. The maximum absolute atomic E-state index is 11.9. The van der Waals surface area contributed by atoms with Gasteiger partial charge in [0.2, 0.25) is 0 Å². The highest BCUT2D eigenvalue weighted by Crippen LogP contribution is 2.16. The van der Waals surface area contributed by atoms with Gasteiger partial charge in [0.05, 0.1) is 11.9 Å². The molecule has 2 rings (SSSR count). The molecule has 0 saturated carbocycles. The number of aromatic nitrogens is 1. The van der Waals surface area contributed by atoms with E-state index in [0.717, 1.165) is 17.4 Å². The Hall–Kier alpha value is -2.41. The van der Waals surface area contributed by atoms with Crippen LogP contribution in [-0.4, -0.2) is 32.2 Å². The van der Waals surface area contributed by atoms with Crippen LogP contribution in [0.15, 0.2) is 41.6 Å². The Kier molecular flexibility index (Phi) is 5.00. The molecule has 0 atom stereocenters. The molecule has 23 heavy (non-hydrogen) atoms. The van der Waals surface area contributed by atoms with Crippen LogP contribution < -0.4 is 10.1 Å². The highest BCUT2D eigenvalue weighted by atomic mass is 32.2. The van der Waals surface area contributed by atoms with Crippen molar-refractivity contribution in [2.75, 3.05) is 18.2 Å². The zero-order chi connectivity index (χ0) is 17.0. The summed E-state index contributed by atoms with van der Waals surface area (Å²) in [5.41, 5.74) is 2.52. The molecule has 1 heterocycles. The molecule has 0 aliphatic heterocycles. The lowest BCUT2D eigenvalue weighted by molar-refractivity contribution is -0.118. The summed E-state index contributed by atoms with van der Waals surface area (Å²) in [6, 6.07) is 8.54. The second-order valence-electron chi connectivity index (χ2n) is 5.32. The molecule has 7 heteroatoms. The lowest BCUT2D eigenvalue weighted by atomic mass is 10.1. The number of hydrogen-bond acceptors (Lipinski definition) is 5. The summed E-state index contributed by atoms with van der Waals surface area (Å²) < 4.78 is 28.1. The zero-order valence-corrected chi connectivity index (χ0v) is 14.0. The summed E-state index contributed by atoms with van der Waals surface area (Å²) in [7, 11) is -3.35. The van der Waals surface area contributed by atoms with Gasteiger partial charge in [-0.2, -0.15) is 0 Å². The van der Waals surface area contributed by atoms with Gasteiger partial charge < -0.3 is 10.1 Å². The number of benzene rings is 1. The Morgan fingerprint density at radius 3 is 2.35 bits per heavy atom. The molecule has 0 unspecified atom stereocenters. The van der Waals surface area contributed by atoms with E-state index in [1.165, 1.54) is 18.3 Å². The third-order valence-corrected chi connectivity index (χ3v) is 3.97. The maximum Gasteiger partial charge on any atom is 0.262 e. The summed E-state index contributed by atoms with van der Waals surface area (Å²) in [6.07, 6.45) is 2.37. The van der Waals surface area contributed by atoms with Gasteiger partial charge in [-0.3, -0.25) is 4.79 Å². The van der Waals surface area contributed by atoms with Crippen LogP contribution >= 0.6 is 0 Å². The standard InChI is InChI=1S/C16H18N2O4S/c1-11-6-12(2)8-14(7-11)22-10-15(19)18-13-4-5-16(17-9-13)23(3,20)21/h4-9H,10H2,1-3H3,(H,18,19). The molecule has 0 fully saturated rings. The summed E-state index contributed by atoms with van der Waals surface area (Å²) in [6.45, 7) is 3.76. The molecule has 1 N–H and O–H groups in total. The minimum absolute atomic E-state index is 0.0398. The average molecular weight is 334 g/mol. The number of rotatable bonds is 5. The number of amides is 1. The van der Waals surface area contributed by atoms with Crippen molar-refractivity contribution in [2.45, 2.75) is 18.9 Å². The summed E-state index contributed by atoms with van der Waals surface area (Å²) in [4.78, 5) is 15.7. The van der Waals surface area contributed by atoms with E-state index in [1.54, 1.807) is 0 Å². The Morgan fingerprint density at radius 2 is 1.83 bits per heavy atom. The Balaban J connectivity index is 1.94. The van der Waals surface area contributed by atoms with Gasteiger partial charge in [-0.25, -0.2) is 13.4 Å². The first-order valence-corrected chi connectivity index (χ1v) is 8.80. The smallest absolute Gasteiger partial charge is 0.262 e. The SMILES string of the molecule is Cc1cc(C)cc(OCC(=O)Nc2ccc(S(C)(=O)=O)nc2)c1. The Morgan fingerprint density at radius 1 is 1.17 bits per heavy atom.